The molecule has 3 aromatic rings. The number of halogens is 3. The molecule has 28 heavy (non-hydrogen) atoms. The van der Waals surface area contributed by atoms with Crippen LogP contribution in [0.4, 0.5) is 13.2 Å². The van der Waals surface area contributed by atoms with Crippen LogP contribution < -0.4 is 5.32 Å². The van der Waals surface area contributed by atoms with Gasteiger partial charge in [-0.2, -0.15) is 13.2 Å². The maximum absolute atomic E-state index is 12.7. The highest BCUT2D eigenvalue weighted by atomic mass is 19.4. The predicted molar refractivity (Wildman–Crippen MR) is 96.2 cm³/mol. The molecule has 1 amide bonds. The Morgan fingerprint density at radius 3 is 2.54 bits per heavy atom. The molecule has 3 rings (SSSR count). The maximum Gasteiger partial charge on any atom is 0.416 e. The lowest BCUT2D eigenvalue weighted by Crippen LogP contribution is -2.25. The summed E-state index contributed by atoms with van der Waals surface area (Å²) in [5.74, 6) is 0.250. The summed E-state index contributed by atoms with van der Waals surface area (Å²) in [6, 6.07) is 8.43. The van der Waals surface area contributed by atoms with Gasteiger partial charge in [0.25, 0.3) is 0 Å². The fraction of sp³-hybridized carbons (Fsp3) is 0.250. The summed E-state index contributed by atoms with van der Waals surface area (Å²) in [6.07, 6.45) is 1.81. The van der Waals surface area contributed by atoms with Crippen LogP contribution >= 0.6 is 0 Å². The molecule has 0 fully saturated rings. The molecule has 0 radical (unpaired) electrons. The molecule has 0 aliphatic carbocycles. The topological polar surface area (TPSA) is 68.0 Å². The third-order valence-electron chi connectivity index (χ3n) is 4.20. The molecule has 0 spiro atoms. The highest BCUT2D eigenvalue weighted by molar-refractivity contribution is 5.76. The lowest BCUT2D eigenvalue weighted by Gasteiger charge is -2.07. The van der Waals surface area contributed by atoms with Crippen molar-refractivity contribution in [1.29, 1.82) is 0 Å². The first-order valence-corrected chi connectivity index (χ1v) is 8.70. The Kier molecular flexibility index (Phi) is 6.08. The van der Waals surface area contributed by atoms with E-state index >= 15 is 0 Å². The molecule has 8 heteroatoms. The normalized spacial score (nSPS) is 11.4. The Balaban J connectivity index is 1.53. The average Bonchev–Trinajstić information content (AvgIpc) is 3.15. The quantitative estimate of drug-likeness (QED) is 0.662. The molecular formula is C20H18F3N3O2. The summed E-state index contributed by atoms with van der Waals surface area (Å²) >= 11 is 0. The van der Waals surface area contributed by atoms with E-state index in [9.17, 15) is 18.0 Å². The van der Waals surface area contributed by atoms with E-state index in [-0.39, 0.29) is 12.3 Å². The van der Waals surface area contributed by atoms with Crippen LogP contribution in [0, 0.1) is 0 Å². The van der Waals surface area contributed by atoms with Crippen molar-refractivity contribution in [2.24, 2.45) is 0 Å². The van der Waals surface area contributed by atoms with Crippen LogP contribution in [0.3, 0.4) is 0 Å². The maximum atomic E-state index is 12.7. The fourth-order valence-corrected chi connectivity index (χ4v) is 2.72. The predicted octanol–water partition coefficient (Wildman–Crippen LogP) is 4.05. The van der Waals surface area contributed by atoms with Gasteiger partial charge in [0.05, 0.1) is 11.8 Å². The van der Waals surface area contributed by atoms with Crippen LogP contribution in [-0.2, 0) is 23.8 Å². The van der Waals surface area contributed by atoms with E-state index < -0.39 is 11.7 Å². The zero-order chi connectivity index (χ0) is 20.0. The first-order chi connectivity index (χ1) is 13.4. The van der Waals surface area contributed by atoms with Gasteiger partial charge in [-0.25, -0.2) is 0 Å². The van der Waals surface area contributed by atoms with Crippen LogP contribution in [0.25, 0.3) is 11.3 Å². The molecule has 2 aromatic heterocycles. The number of hydrogen-bond donors (Lipinski definition) is 1. The molecule has 1 N–H and O–H groups in total. The fourth-order valence-electron chi connectivity index (χ4n) is 2.72. The van der Waals surface area contributed by atoms with Crippen LogP contribution in [0.5, 0.6) is 0 Å². The standard InChI is InChI=1S/C20H18F3N3O2/c21-20(22,23)17-6-3-15(4-7-17)19-16(13-26-28-19)5-8-18(27)25-11-9-14-2-1-10-24-12-14/h1-4,6-7,10,12-13H,5,8-9,11H2,(H,25,27). The summed E-state index contributed by atoms with van der Waals surface area (Å²) in [6.45, 7) is 0.500. The molecule has 0 unspecified atom stereocenters. The van der Waals surface area contributed by atoms with Gasteiger partial charge < -0.3 is 9.84 Å². The molecule has 0 atom stereocenters. The summed E-state index contributed by atoms with van der Waals surface area (Å²) in [5.41, 5.74) is 1.45. The van der Waals surface area contributed by atoms with E-state index in [1.807, 2.05) is 12.1 Å². The summed E-state index contributed by atoms with van der Waals surface area (Å²) in [4.78, 5) is 16.0. The molecule has 0 saturated heterocycles. The van der Waals surface area contributed by atoms with E-state index in [1.54, 1.807) is 12.4 Å². The van der Waals surface area contributed by atoms with Gasteiger partial charge >= 0.3 is 6.18 Å². The van der Waals surface area contributed by atoms with Crippen molar-refractivity contribution in [3.8, 4) is 11.3 Å². The number of alkyl halides is 3. The SMILES string of the molecule is O=C(CCc1cnoc1-c1ccc(C(F)(F)F)cc1)NCCc1cccnc1. The number of nitrogens with zero attached hydrogens (tertiary/aromatic N) is 2. The number of hydrogen-bond acceptors (Lipinski definition) is 4. The van der Waals surface area contributed by atoms with E-state index in [0.717, 1.165) is 17.7 Å². The van der Waals surface area contributed by atoms with Gasteiger partial charge in [0.2, 0.25) is 5.91 Å². The second-order valence-electron chi connectivity index (χ2n) is 6.22. The molecule has 5 nitrogen and oxygen atoms in total. The lowest BCUT2D eigenvalue weighted by atomic mass is 10.0. The first kappa shape index (κ1) is 19.6. The third-order valence-corrected chi connectivity index (χ3v) is 4.20. The van der Waals surface area contributed by atoms with Gasteiger partial charge in [-0.3, -0.25) is 9.78 Å². The molecule has 0 aliphatic heterocycles. The Morgan fingerprint density at radius 2 is 1.86 bits per heavy atom. The number of aryl methyl sites for hydroxylation is 1. The minimum absolute atomic E-state index is 0.122. The molecular weight excluding hydrogens is 371 g/mol. The first-order valence-electron chi connectivity index (χ1n) is 8.70. The Morgan fingerprint density at radius 1 is 1.07 bits per heavy atom. The number of nitrogens with one attached hydrogen (secondary N) is 1. The van der Waals surface area contributed by atoms with Gasteiger partial charge in [-0.15, -0.1) is 0 Å². The number of carbonyl (C=O) groups is 1. The largest absolute Gasteiger partial charge is 0.416 e. The smallest absolute Gasteiger partial charge is 0.356 e. The van der Waals surface area contributed by atoms with Gasteiger partial charge in [0, 0.05) is 36.5 Å². The molecule has 146 valence electrons. The van der Waals surface area contributed by atoms with Crippen molar-refractivity contribution in [2.45, 2.75) is 25.4 Å². The second-order valence-corrected chi connectivity index (χ2v) is 6.22. The summed E-state index contributed by atoms with van der Waals surface area (Å²) in [7, 11) is 0. The van der Waals surface area contributed by atoms with Gasteiger partial charge in [0.1, 0.15) is 0 Å². The minimum Gasteiger partial charge on any atom is -0.356 e. The zero-order valence-electron chi connectivity index (χ0n) is 14.9. The molecule has 1 aromatic carbocycles. The zero-order valence-corrected chi connectivity index (χ0v) is 14.9. The van der Waals surface area contributed by atoms with Gasteiger partial charge in [-0.05, 0) is 36.6 Å². The van der Waals surface area contributed by atoms with Crippen molar-refractivity contribution >= 4 is 5.91 Å². The highest BCUT2D eigenvalue weighted by Gasteiger charge is 2.30. The van der Waals surface area contributed by atoms with Crippen molar-refractivity contribution in [1.82, 2.24) is 15.5 Å². The van der Waals surface area contributed by atoms with Crippen molar-refractivity contribution in [3.63, 3.8) is 0 Å². The van der Waals surface area contributed by atoms with Gasteiger partial charge in [-0.1, -0.05) is 23.4 Å². The Hall–Kier alpha value is -3.16. The minimum atomic E-state index is -4.39. The monoisotopic (exact) mass is 389 g/mol. The van der Waals surface area contributed by atoms with Crippen LogP contribution in [-0.4, -0.2) is 22.6 Å². The van der Waals surface area contributed by atoms with Crippen LogP contribution in [0.2, 0.25) is 0 Å². The lowest BCUT2D eigenvalue weighted by molar-refractivity contribution is -0.137. The average molecular weight is 389 g/mol. The van der Waals surface area contributed by atoms with Crippen molar-refractivity contribution in [3.05, 3.63) is 71.7 Å². The highest BCUT2D eigenvalue weighted by Crippen LogP contribution is 2.32. The third kappa shape index (κ3) is 5.18. The number of carbonyl (C=O) groups excluding carboxylic acids is 1. The van der Waals surface area contributed by atoms with Gasteiger partial charge in [0.15, 0.2) is 5.76 Å². The number of aromatic nitrogens is 2. The molecule has 0 bridgehead atoms. The van der Waals surface area contributed by atoms with E-state index in [2.05, 4.69) is 15.5 Å². The second kappa shape index (κ2) is 8.69. The Labute approximate surface area is 159 Å². The number of amides is 1. The van der Waals surface area contributed by atoms with E-state index in [4.69, 9.17) is 4.52 Å². The van der Waals surface area contributed by atoms with Crippen LogP contribution in [0.15, 0.2) is 59.5 Å². The molecule has 0 aliphatic rings. The van der Waals surface area contributed by atoms with Crippen LogP contribution in [0.1, 0.15) is 23.1 Å². The van der Waals surface area contributed by atoms with E-state index in [0.29, 0.717) is 36.3 Å². The van der Waals surface area contributed by atoms with Crippen molar-refractivity contribution in [2.75, 3.05) is 6.54 Å². The number of pyridine rings is 1. The number of rotatable bonds is 7. The Bertz CT molecular complexity index is 906. The van der Waals surface area contributed by atoms with E-state index in [1.165, 1.54) is 18.3 Å². The van der Waals surface area contributed by atoms with Crippen molar-refractivity contribution < 1.29 is 22.5 Å². The number of benzene rings is 1. The summed E-state index contributed by atoms with van der Waals surface area (Å²) < 4.78 is 43.2. The molecule has 0 saturated carbocycles. The molecule has 2 heterocycles. The summed E-state index contributed by atoms with van der Waals surface area (Å²) in [5, 5.41) is 6.55.